The SMILES string of the molecule is CCCN1CCC(CN)(NC2CCCC2CO)CC1. The minimum absolute atomic E-state index is 0.118. The molecule has 0 amide bonds. The topological polar surface area (TPSA) is 61.5 Å². The molecule has 0 bridgehead atoms. The molecule has 4 N–H and O–H groups in total. The summed E-state index contributed by atoms with van der Waals surface area (Å²) in [6.07, 6.45) is 7.14. The summed E-state index contributed by atoms with van der Waals surface area (Å²) in [5.41, 5.74) is 6.20. The van der Waals surface area contributed by atoms with Gasteiger partial charge in [0.15, 0.2) is 0 Å². The highest BCUT2D eigenvalue weighted by Crippen LogP contribution is 2.30. The average molecular weight is 269 g/mol. The Balaban J connectivity index is 1.89. The zero-order chi connectivity index (χ0) is 13.7. The molecule has 0 spiro atoms. The van der Waals surface area contributed by atoms with Crippen LogP contribution in [0.25, 0.3) is 0 Å². The Morgan fingerprint density at radius 1 is 1.32 bits per heavy atom. The monoisotopic (exact) mass is 269 g/mol. The Hall–Kier alpha value is -0.160. The molecule has 1 saturated heterocycles. The number of hydrogen-bond donors (Lipinski definition) is 3. The van der Waals surface area contributed by atoms with Crippen molar-refractivity contribution in [2.24, 2.45) is 11.7 Å². The Kier molecular flexibility index (Phi) is 5.63. The predicted molar refractivity (Wildman–Crippen MR) is 79.1 cm³/mol. The first-order valence-corrected chi connectivity index (χ1v) is 8.04. The molecule has 0 radical (unpaired) electrons. The summed E-state index contributed by atoms with van der Waals surface area (Å²) in [6, 6.07) is 0.478. The van der Waals surface area contributed by atoms with Crippen molar-refractivity contribution >= 4 is 0 Å². The maximum atomic E-state index is 9.46. The number of rotatable bonds is 6. The number of aliphatic hydroxyl groups is 1. The molecule has 2 atom stereocenters. The summed E-state index contributed by atoms with van der Waals surface area (Å²) in [7, 11) is 0. The summed E-state index contributed by atoms with van der Waals surface area (Å²) in [5, 5.41) is 13.3. The molecule has 4 nitrogen and oxygen atoms in total. The minimum atomic E-state index is 0.118. The van der Waals surface area contributed by atoms with Gasteiger partial charge in [-0.15, -0.1) is 0 Å². The van der Waals surface area contributed by atoms with Crippen LogP contribution in [-0.4, -0.2) is 54.4 Å². The number of nitrogens with two attached hydrogens (primary N) is 1. The van der Waals surface area contributed by atoms with E-state index in [0.29, 0.717) is 18.6 Å². The van der Waals surface area contributed by atoms with Crippen LogP contribution in [0.4, 0.5) is 0 Å². The molecule has 1 saturated carbocycles. The van der Waals surface area contributed by atoms with Crippen LogP contribution in [0.3, 0.4) is 0 Å². The van der Waals surface area contributed by atoms with Crippen molar-refractivity contribution in [3.8, 4) is 0 Å². The van der Waals surface area contributed by atoms with E-state index in [9.17, 15) is 5.11 Å². The zero-order valence-corrected chi connectivity index (χ0v) is 12.4. The summed E-state index contributed by atoms with van der Waals surface area (Å²) in [4.78, 5) is 2.55. The lowest BCUT2D eigenvalue weighted by atomic mass is 9.85. The van der Waals surface area contributed by atoms with Crippen LogP contribution in [0.1, 0.15) is 45.4 Å². The molecule has 2 unspecified atom stereocenters. The summed E-state index contributed by atoms with van der Waals surface area (Å²) in [5.74, 6) is 0.442. The predicted octanol–water partition coefficient (Wildman–Crippen LogP) is 0.940. The third-order valence-corrected chi connectivity index (χ3v) is 5.13. The number of likely N-dealkylation sites (tertiary alicyclic amines) is 1. The first-order valence-electron chi connectivity index (χ1n) is 8.04. The number of nitrogens with one attached hydrogen (secondary N) is 1. The molecule has 0 aromatic heterocycles. The van der Waals surface area contributed by atoms with Gasteiger partial charge in [0.1, 0.15) is 0 Å². The molecule has 0 aromatic rings. The van der Waals surface area contributed by atoms with Crippen molar-refractivity contribution in [1.82, 2.24) is 10.2 Å². The quantitative estimate of drug-likeness (QED) is 0.671. The zero-order valence-electron chi connectivity index (χ0n) is 12.4. The van der Waals surface area contributed by atoms with Crippen LogP contribution in [0.5, 0.6) is 0 Å². The third kappa shape index (κ3) is 3.69. The number of piperidine rings is 1. The Bertz CT molecular complexity index is 264. The van der Waals surface area contributed by atoms with Crippen molar-refractivity contribution in [3.63, 3.8) is 0 Å². The molecule has 112 valence electrons. The van der Waals surface area contributed by atoms with Crippen molar-refractivity contribution in [2.75, 3.05) is 32.8 Å². The summed E-state index contributed by atoms with van der Waals surface area (Å²) in [6.45, 7) is 6.82. The van der Waals surface area contributed by atoms with E-state index >= 15 is 0 Å². The smallest absolute Gasteiger partial charge is 0.0474 e. The Labute approximate surface area is 117 Å². The van der Waals surface area contributed by atoms with Gasteiger partial charge in [0.25, 0.3) is 0 Å². The molecule has 2 rings (SSSR count). The van der Waals surface area contributed by atoms with Gasteiger partial charge in [0.05, 0.1) is 0 Å². The maximum absolute atomic E-state index is 9.46. The van der Waals surface area contributed by atoms with Crippen LogP contribution in [0.2, 0.25) is 0 Å². The first kappa shape index (κ1) is 15.2. The lowest BCUT2D eigenvalue weighted by Gasteiger charge is -2.44. The van der Waals surface area contributed by atoms with Crippen LogP contribution >= 0.6 is 0 Å². The van der Waals surface area contributed by atoms with Crippen molar-refractivity contribution in [3.05, 3.63) is 0 Å². The highest BCUT2D eigenvalue weighted by atomic mass is 16.3. The maximum Gasteiger partial charge on any atom is 0.0474 e. The van der Waals surface area contributed by atoms with E-state index in [1.165, 1.54) is 25.8 Å². The van der Waals surface area contributed by atoms with Gasteiger partial charge in [0.2, 0.25) is 0 Å². The van der Waals surface area contributed by atoms with Crippen LogP contribution < -0.4 is 11.1 Å². The summed E-state index contributed by atoms with van der Waals surface area (Å²) < 4.78 is 0. The van der Waals surface area contributed by atoms with E-state index in [-0.39, 0.29) is 5.54 Å². The lowest BCUT2D eigenvalue weighted by molar-refractivity contribution is 0.112. The van der Waals surface area contributed by atoms with Gasteiger partial charge in [0, 0.05) is 24.7 Å². The normalized spacial score (nSPS) is 31.7. The summed E-state index contributed by atoms with van der Waals surface area (Å²) >= 11 is 0. The second-order valence-electron chi connectivity index (χ2n) is 6.45. The second-order valence-corrected chi connectivity index (χ2v) is 6.45. The fourth-order valence-corrected chi connectivity index (χ4v) is 3.77. The lowest BCUT2D eigenvalue weighted by Crippen LogP contribution is -2.61. The molecule has 0 aromatic carbocycles. The fourth-order valence-electron chi connectivity index (χ4n) is 3.77. The first-order chi connectivity index (χ1) is 9.23. The van der Waals surface area contributed by atoms with Gasteiger partial charge in [-0.05, 0) is 57.7 Å². The van der Waals surface area contributed by atoms with Crippen LogP contribution in [-0.2, 0) is 0 Å². The molecule has 1 aliphatic heterocycles. The molecule has 4 heteroatoms. The molecule has 2 aliphatic rings. The van der Waals surface area contributed by atoms with Gasteiger partial charge in [-0.2, -0.15) is 0 Å². The van der Waals surface area contributed by atoms with Crippen molar-refractivity contribution < 1.29 is 5.11 Å². The van der Waals surface area contributed by atoms with E-state index in [1.807, 2.05) is 0 Å². The number of aliphatic hydroxyl groups excluding tert-OH is 1. The van der Waals surface area contributed by atoms with Crippen molar-refractivity contribution in [2.45, 2.75) is 57.0 Å². The molecule has 1 aliphatic carbocycles. The van der Waals surface area contributed by atoms with Gasteiger partial charge < -0.3 is 21.1 Å². The van der Waals surface area contributed by atoms with Crippen LogP contribution in [0.15, 0.2) is 0 Å². The fraction of sp³-hybridized carbons (Fsp3) is 1.00. The van der Waals surface area contributed by atoms with Gasteiger partial charge >= 0.3 is 0 Å². The molecular formula is C15H31N3O. The molecule has 1 heterocycles. The minimum Gasteiger partial charge on any atom is -0.396 e. The molecule has 2 fully saturated rings. The van der Waals surface area contributed by atoms with Gasteiger partial charge in [-0.25, -0.2) is 0 Å². The van der Waals surface area contributed by atoms with Crippen LogP contribution in [0, 0.1) is 5.92 Å². The number of nitrogens with zero attached hydrogens (tertiary/aromatic N) is 1. The Morgan fingerprint density at radius 2 is 2.05 bits per heavy atom. The van der Waals surface area contributed by atoms with Gasteiger partial charge in [-0.3, -0.25) is 0 Å². The molecule has 19 heavy (non-hydrogen) atoms. The average Bonchev–Trinajstić information content (AvgIpc) is 2.88. The van der Waals surface area contributed by atoms with E-state index in [0.717, 1.165) is 38.9 Å². The largest absolute Gasteiger partial charge is 0.396 e. The second kappa shape index (κ2) is 7.02. The van der Waals surface area contributed by atoms with E-state index in [4.69, 9.17) is 5.73 Å². The number of hydrogen-bond acceptors (Lipinski definition) is 4. The standard InChI is InChI=1S/C15H31N3O/c1-2-8-18-9-6-15(12-16,7-10-18)17-14-5-3-4-13(14)11-19/h13-14,17,19H,2-12,16H2,1H3. The van der Waals surface area contributed by atoms with Gasteiger partial charge in [-0.1, -0.05) is 13.3 Å². The third-order valence-electron chi connectivity index (χ3n) is 5.13. The highest BCUT2D eigenvalue weighted by molar-refractivity contribution is 4.98. The van der Waals surface area contributed by atoms with Crippen molar-refractivity contribution in [1.29, 1.82) is 0 Å². The van der Waals surface area contributed by atoms with E-state index < -0.39 is 0 Å². The van der Waals surface area contributed by atoms with E-state index in [1.54, 1.807) is 0 Å². The molecular weight excluding hydrogens is 238 g/mol. The Morgan fingerprint density at radius 3 is 2.63 bits per heavy atom. The van der Waals surface area contributed by atoms with E-state index in [2.05, 4.69) is 17.1 Å². The highest BCUT2D eigenvalue weighted by Gasteiger charge is 2.38.